The van der Waals surface area contributed by atoms with Gasteiger partial charge >= 0.3 is 23.8 Å². The highest BCUT2D eigenvalue weighted by atomic mass is 16.4. The van der Waals surface area contributed by atoms with Gasteiger partial charge in [-0.15, -0.1) is 0 Å². The van der Waals surface area contributed by atoms with E-state index in [1.807, 2.05) is 5.32 Å². The van der Waals surface area contributed by atoms with Crippen LogP contribution in [-0.2, 0) is 19.2 Å². The maximum atomic E-state index is 11.7. The lowest BCUT2D eigenvalue weighted by atomic mass is 10.0. The molecule has 1 heterocycles. The second-order valence-corrected chi connectivity index (χ2v) is 3.92. The van der Waals surface area contributed by atoms with Crippen LogP contribution < -0.4 is 5.32 Å². The molecule has 0 aromatic heterocycles. The molecule has 0 spiro atoms. The summed E-state index contributed by atoms with van der Waals surface area (Å²) in [6, 6.07) is -1.01. The van der Waals surface area contributed by atoms with E-state index in [-0.39, 0.29) is 6.54 Å². The number of carbonyl (C=O) groups is 4. The van der Waals surface area contributed by atoms with Gasteiger partial charge in [-0.1, -0.05) is 0 Å². The van der Waals surface area contributed by atoms with Crippen LogP contribution in [0.5, 0.6) is 0 Å². The van der Waals surface area contributed by atoms with Crippen LogP contribution in [0.4, 0.5) is 0 Å². The molecule has 3 N–H and O–H groups in total. The van der Waals surface area contributed by atoms with Crippen LogP contribution >= 0.6 is 0 Å². The van der Waals surface area contributed by atoms with Gasteiger partial charge in [-0.3, -0.25) is 14.4 Å². The number of aliphatic carboxylic acids is 2. The number of carboxylic acid groups (broad SMARTS) is 2. The van der Waals surface area contributed by atoms with Gasteiger partial charge in [-0.05, 0) is 19.3 Å². The third kappa shape index (κ3) is 3.44. The summed E-state index contributed by atoms with van der Waals surface area (Å²) in [5.41, 5.74) is 0. The highest BCUT2D eigenvalue weighted by Gasteiger charge is 2.34. The lowest BCUT2D eigenvalue weighted by Crippen LogP contribution is -2.53. The zero-order chi connectivity index (χ0) is 13.7. The summed E-state index contributed by atoms with van der Waals surface area (Å²) in [5, 5.41) is 19.2. The minimum absolute atomic E-state index is 0.191. The van der Waals surface area contributed by atoms with Crippen LogP contribution in [0.3, 0.4) is 0 Å². The van der Waals surface area contributed by atoms with Gasteiger partial charge < -0.3 is 20.4 Å². The quantitative estimate of drug-likeness (QED) is 0.538. The summed E-state index contributed by atoms with van der Waals surface area (Å²) in [6.45, 7) is -0.480. The Kier molecular flexibility index (Phi) is 4.64. The van der Waals surface area contributed by atoms with Crippen molar-refractivity contribution in [3.8, 4) is 0 Å². The molecular weight excluding hydrogens is 244 g/mol. The molecular formula is C10H14N2O6. The van der Waals surface area contributed by atoms with Crippen LogP contribution in [0, 0.1) is 0 Å². The minimum atomic E-state index is -1.27. The van der Waals surface area contributed by atoms with Crippen LogP contribution in [0.2, 0.25) is 0 Å². The maximum Gasteiger partial charge on any atom is 0.326 e. The van der Waals surface area contributed by atoms with Crippen LogP contribution in [0.15, 0.2) is 0 Å². The van der Waals surface area contributed by atoms with Crippen molar-refractivity contribution in [2.24, 2.45) is 0 Å². The molecule has 0 aromatic carbocycles. The van der Waals surface area contributed by atoms with Crippen LogP contribution in [0.25, 0.3) is 0 Å². The van der Waals surface area contributed by atoms with Crippen molar-refractivity contribution in [2.75, 3.05) is 13.1 Å². The Balaban J connectivity index is 2.65. The fourth-order valence-electron chi connectivity index (χ4n) is 1.79. The highest BCUT2D eigenvalue weighted by Crippen LogP contribution is 2.17. The molecule has 1 aliphatic rings. The summed E-state index contributed by atoms with van der Waals surface area (Å²) in [4.78, 5) is 45.2. The molecule has 0 aliphatic carbocycles. The third-order valence-corrected chi connectivity index (χ3v) is 2.64. The first-order valence-electron chi connectivity index (χ1n) is 5.47. The summed E-state index contributed by atoms with van der Waals surface area (Å²) in [5.74, 6) is -4.52. The van der Waals surface area contributed by atoms with Crippen LogP contribution in [-0.4, -0.2) is 58.0 Å². The topological polar surface area (TPSA) is 124 Å². The molecule has 1 aliphatic heterocycles. The van der Waals surface area contributed by atoms with Crippen molar-refractivity contribution in [1.82, 2.24) is 10.2 Å². The predicted octanol–water partition coefficient (Wildman–Crippen LogP) is -1.35. The lowest BCUT2D eigenvalue weighted by Gasteiger charge is -2.32. The molecule has 2 amide bonds. The van der Waals surface area contributed by atoms with E-state index in [9.17, 15) is 19.2 Å². The maximum absolute atomic E-state index is 11.7. The average molecular weight is 258 g/mol. The molecule has 0 unspecified atom stereocenters. The van der Waals surface area contributed by atoms with E-state index in [1.54, 1.807) is 0 Å². The summed E-state index contributed by atoms with van der Waals surface area (Å²) in [7, 11) is 0. The number of carboxylic acids is 2. The molecule has 1 rings (SSSR count). The van der Waals surface area contributed by atoms with Crippen molar-refractivity contribution in [3.63, 3.8) is 0 Å². The molecule has 0 bridgehead atoms. The molecule has 18 heavy (non-hydrogen) atoms. The first kappa shape index (κ1) is 13.9. The third-order valence-electron chi connectivity index (χ3n) is 2.64. The van der Waals surface area contributed by atoms with E-state index in [2.05, 4.69) is 0 Å². The van der Waals surface area contributed by atoms with E-state index in [0.29, 0.717) is 19.3 Å². The molecule has 0 aromatic rings. The number of carbonyl (C=O) groups excluding carboxylic acids is 2. The molecule has 0 radical (unpaired) electrons. The largest absolute Gasteiger partial charge is 0.480 e. The van der Waals surface area contributed by atoms with Gasteiger partial charge in [0, 0.05) is 6.54 Å². The van der Waals surface area contributed by atoms with Gasteiger partial charge in [-0.2, -0.15) is 0 Å². The Morgan fingerprint density at radius 1 is 1.17 bits per heavy atom. The SMILES string of the molecule is O=C(O)CNC(=O)C(=O)N1CCCC[C@H]1C(=O)O. The molecule has 8 nitrogen and oxygen atoms in total. The number of nitrogens with one attached hydrogen (secondary N) is 1. The van der Waals surface area contributed by atoms with E-state index in [0.717, 1.165) is 4.90 Å². The lowest BCUT2D eigenvalue weighted by molar-refractivity contribution is -0.156. The smallest absolute Gasteiger partial charge is 0.326 e. The molecule has 8 heteroatoms. The normalized spacial score (nSPS) is 19.1. The fraction of sp³-hybridized carbons (Fsp3) is 0.600. The van der Waals surface area contributed by atoms with Crippen molar-refractivity contribution in [2.45, 2.75) is 25.3 Å². The zero-order valence-corrected chi connectivity index (χ0v) is 9.59. The number of amides is 2. The molecule has 1 fully saturated rings. The Bertz CT molecular complexity index is 381. The summed E-state index contributed by atoms with van der Waals surface area (Å²) >= 11 is 0. The van der Waals surface area contributed by atoms with E-state index < -0.39 is 36.3 Å². The highest BCUT2D eigenvalue weighted by molar-refractivity contribution is 6.35. The molecule has 1 atom stereocenters. The Morgan fingerprint density at radius 3 is 2.39 bits per heavy atom. The molecule has 0 saturated carbocycles. The molecule has 1 saturated heterocycles. The van der Waals surface area contributed by atoms with Gasteiger partial charge in [0.2, 0.25) is 0 Å². The number of nitrogens with zero attached hydrogens (tertiary/aromatic N) is 1. The second kappa shape index (κ2) is 5.99. The van der Waals surface area contributed by atoms with E-state index >= 15 is 0 Å². The number of hydrogen-bond donors (Lipinski definition) is 3. The number of hydrogen-bond acceptors (Lipinski definition) is 4. The summed E-state index contributed by atoms with van der Waals surface area (Å²) < 4.78 is 0. The Labute approximate surface area is 103 Å². The number of rotatable bonds is 3. The predicted molar refractivity (Wildman–Crippen MR) is 57.6 cm³/mol. The van der Waals surface area contributed by atoms with Crippen molar-refractivity contribution < 1.29 is 29.4 Å². The van der Waals surface area contributed by atoms with Gasteiger partial charge in [0.15, 0.2) is 0 Å². The monoisotopic (exact) mass is 258 g/mol. The zero-order valence-electron chi connectivity index (χ0n) is 9.59. The number of piperidine rings is 1. The van der Waals surface area contributed by atoms with Gasteiger partial charge in [0.1, 0.15) is 12.6 Å². The Hall–Kier alpha value is -2.12. The van der Waals surface area contributed by atoms with Gasteiger partial charge in [-0.25, -0.2) is 4.79 Å². The van der Waals surface area contributed by atoms with Crippen molar-refractivity contribution >= 4 is 23.8 Å². The van der Waals surface area contributed by atoms with E-state index in [4.69, 9.17) is 10.2 Å². The van der Waals surface area contributed by atoms with Crippen molar-refractivity contribution in [1.29, 1.82) is 0 Å². The van der Waals surface area contributed by atoms with Gasteiger partial charge in [0.05, 0.1) is 0 Å². The first-order chi connectivity index (χ1) is 8.43. The van der Waals surface area contributed by atoms with Crippen molar-refractivity contribution in [3.05, 3.63) is 0 Å². The van der Waals surface area contributed by atoms with Crippen LogP contribution in [0.1, 0.15) is 19.3 Å². The summed E-state index contributed by atoms with van der Waals surface area (Å²) in [6.07, 6.45) is 1.60. The standard InChI is InChI=1S/C10H14N2O6/c13-7(14)5-11-8(15)9(16)12-4-2-1-3-6(12)10(17)18/h6H,1-5H2,(H,11,15)(H,13,14)(H,17,18)/t6-/m0/s1. The van der Waals surface area contributed by atoms with E-state index in [1.165, 1.54) is 0 Å². The first-order valence-corrected chi connectivity index (χ1v) is 5.47. The fourth-order valence-corrected chi connectivity index (χ4v) is 1.79. The number of likely N-dealkylation sites (tertiary alicyclic amines) is 1. The Morgan fingerprint density at radius 2 is 1.83 bits per heavy atom. The molecule has 100 valence electrons. The second-order valence-electron chi connectivity index (χ2n) is 3.92. The minimum Gasteiger partial charge on any atom is -0.480 e. The van der Waals surface area contributed by atoms with Gasteiger partial charge in [0.25, 0.3) is 0 Å². The average Bonchev–Trinajstić information content (AvgIpc) is 2.34.